The predicted molar refractivity (Wildman–Crippen MR) is 93.3 cm³/mol. The molecule has 0 aliphatic carbocycles. The highest BCUT2D eigenvalue weighted by Crippen LogP contribution is 2.25. The molecule has 104 valence electrons. The molecule has 0 unspecified atom stereocenters. The van der Waals surface area contributed by atoms with Crippen LogP contribution in [0.5, 0.6) is 0 Å². The van der Waals surface area contributed by atoms with Gasteiger partial charge < -0.3 is 10.6 Å². The van der Waals surface area contributed by atoms with Crippen LogP contribution in [0.15, 0.2) is 36.4 Å². The van der Waals surface area contributed by atoms with E-state index in [9.17, 15) is 4.79 Å². The zero-order valence-corrected chi connectivity index (χ0v) is 14.3. The molecular formula is C13H8Cl3IN2O. The standard InChI is InChI=1S/C13H8Cl3IN2O/c14-7-3-8(15)5-10(4-7)18-13(20)19-12-2-1-9(17)6-11(12)16/h1-6H,(H2,18,19,20). The molecule has 0 aliphatic heterocycles. The number of nitrogens with one attached hydrogen (secondary N) is 2. The van der Waals surface area contributed by atoms with Crippen molar-refractivity contribution in [3.8, 4) is 0 Å². The fourth-order valence-electron chi connectivity index (χ4n) is 1.50. The molecule has 0 fully saturated rings. The number of amides is 2. The zero-order chi connectivity index (χ0) is 14.7. The summed E-state index contributed by atoms with van der Waals surface area (Å²) in [4.78, 5) is 11.9. The average molecular weight is 441 g/mol. The van der Waals surface area contributed by atoms with Gasteiger partial charge >= 0.3 is 6.03 Å². The van der Waals surface area contributed by atoms with E-state index in [0.717, 1.165) is 3.57 Å². The van der Waals surface area contributed by atoms with Crippen LogP contribution in [0.25, 0.3) is 0 Å². The van der Waals surface area contributed by atoms with E-state index in [0.29, 0.717) is 26.4 Å². The Labute approximate surface area is 144 Å². The third kappa shape index (κ3) is 4.41. The molecule has 2 amide bonds. The summed E-state index contributed by atoms with van der Waals surface area (Å²) < 4.78 is 0.986. The van der Waals surface area contributed by atoms with Crippen molar-refractivity contribution in [1.82, 2.24) is 0 Å². The molecule has 20 heavy (non-hydrogen) atoms. The van der Waals surface area contributed by atoms with Gasteiger partial charge in [-0.15, -0.1) is 0 Å². The summed E-state index contributed by atoms with van der Waals surface area (Å²) in [6, 6.07) is 9.69. The molecule has 2 aromatic carbocycles. The number of benzene rings is 2. The van der Waals surface area contributed by atoms with Crippen LogP contribution in [0.3, 0.4) is 0 Å². The first-order chi connectivity index (χ1) is 9.44. The van der Waals surface area contributed by atoms with Crippen LogP contribution in [0.4, 0.5) is 16.2 Å². The smallest absolute Gasteiger partial charge is 0.308 e. The molecule has 2 aromatic rings. The lowest BCUT2D eigenvalue weighted by Gasteiger charge is -2.10. The molecule has 7 heteroatoms. The summed E-state index contributed by atoms with van der Waals surface area (Å²) in [6.45, 7) is 0. The van der Waals surface area contributed by atoms with Crippen LogP contribution < -0.4 is 10.6 Å². The molecule has 0 aliphatic rings. The van der Waals surface area contributed by atoms with Crippen molar-refractivity contribution in [2.75, 3.05) is 10.6 Å². The molecule has 3 nitrogen and oxygen atoms in total. The van der Waals surface area contributed by atoms with Gasteiger partial charge in [0.2, 0.25) is 0 Å². The number of hydrogen-bond donors (Lipinski definition) is 2. The summed E-state index contributed by atoms with van der Waals surface area (Å²) >= 11 is 19.9. The maximum Gasteiger partial charge on any atom is 0.323 e. The van der Waals surface area contributed by atoms with E-state index in [1.54, 1.807) is 30.3 Å². The Bertz CT molecular complexity index is 644. The van der Waals surface area contributed by atoms with Crippen molar-refractivity contribution in [2.24, 2.45) is 0 Å². The number of urea groups is 1. The van der Waals surface area contributed by atoms with E-state index in [4.69, 9.17) is 34.8 Å². The average Bonchev–Trinajstić information content (AvgIpc) is 2.31. The molecule has 0 heterocycles. The van der Waals surface area contributed by atoms with Gasteiger partial charge in [-0.25, -0.2) is 4.79 Å². The van der Waals surface area contributed by atoms with Crippen LogP contribution in [0.1, 0.15) is 0 Å². The fraction of sp³-hybridized carbons (Fsp3) is 0. The molecular weight excluding hydrogens is 433 g/mol. The second-order valence-corrected chi connectivity index (χ2v) is 6.39. The van der Waals surface area contributed by atoms with E-state index < -0.39 is 6.03 Å². The molecule has 0 spiro atoms. The maximum absolute atomic E-state index is 11.9. The minimum absolute atomic E-state index is 0.425. The fourth-order valence-corrected chi connectivity index (χ4v) is 2.93. The van der Waals surface area contributed by atoms with Gasteiger partial charge in [0, 0.05) is 19.3 Å². The van der Waals surface area contributed by atoms with E-state index >= 15 is 0 Å². The monoisotopic (exact) mass is 440 g/mol. The molecule has 0 saturated heterocycles. The van der Waals surface area contributed by atoms with E-state index in [-0.39, 0.29) is 0 Å². The number of hydrogen-bond acceptors (Lipinski definition) is 1. The van der Waals surface area contributed by atoms with Crippen LogP contribution >= 0.6 is 57.4 Å². The van der Waals surface area contributed by atoms with E-state index in [2.05, 4.69) is 33.2 Å². The predicted octanol–water partition coefficient (Wildman–Crippen LogP) is 5.90. The Morgan fingerprint density at radius 1 is 0.950 bits per heavy atom. The van der Waals surface area contributed by atoms with Gasteiger partial charge in [-0.2, -0.15) is 0 Å². The lowest BCUT2D eigenvalue weighted by Crippen LogP contribution is -2.19. The first-order valence-electron chi connectivity index (χ1n) is 5.43. The molecule has 0 bridgehead atoms. The first-order valence-corrected chi connectivity index (χ1v) is 7.64. The van der Waals surface area contributed by atoms with Gasteiger partial charge in [-0.1, -0.05) is 34.8 Å². The number of rotatable bonds is 2. The summed E-state index contributed by atoms with van der Waals surface area (Å²) in [5.41, 5.74) is 1.03. The van der Waals surface area contributed by atoms with Crippen molar-refractivity contribution < 1.29 is 4.79 Å². The summed E-state index contributed by atoms with van der Waals surface area (Å²) in [6.07, 6.45) is 0. The van der Waals surface area contributed by atoms with Gasteiger partial charge in [0.1, 0.15) is 0 Å². The minimum Gasteiger partial charge on any atom is -0.308 e. The summed E-state index contributed by atoms with van der Waals surface area (Å²) in [7, 11) is 0. The van der Waals surface area contributed by atoms with Crippen LogP contribution in [0.2, 0.25) is 15.1 Å². The lowest BCUT2D eigenvalue weighted by atomic mass is 10.3. The first kappa shape index (κ1) is 15.7. The molecule has 0 saturated carbocycles. The van der Waals surface area contributed by atoms with Gasteiger partial charge in [-0.05, 0) is 59.0 Å². The number of anilines is 2. The quantitative estimate of drug-likeness (QED) is 0.560. The lowest BCUT2D eigenvalue weighted by molar-refractivity contribution is 0.262. The van der Waals surface area contributed by atoms with Crippen molar-refractivity contribution in [3.05, 3.63) is 55.0 Å². The third-order valence-corrected chi connectivity index (χ3v) is 3.72. The van der Waals surface area contributed by atoms with Crippen LogP contribution in [-0.4, -0.2) is 6.03 Å². The SMILES string of the molecule is O=C(Nc1cc(Cl)cc(Cl)c1)Nc1ccc(I)cc1Cl. The molecule has 2 N–H and O–H groups in total. The summed E-state index contributed by atoms with van der Waals surface area (Å²) in [5.74, 6) is 0. The van der Waals surface area contributed by atoms with Gasteiger partial charge in [-0.3, -0.25) is 0 Å². The Hall–Kier alpha value is -0.690. The molecule has 2 rings (SSSR count). The molecule has 0 radical (unpaired) electrons. The van der Waals surface area contributed by atoms with Gasteiger partial charge in [0.15, 0.2) is 0 Å². The highest BCUT2D eigenvalue weighted by Gasteiger charge is 2.07. The van der Waals surface area contributed by atoms with Crippen molar-refractivity contribution >= 4 is 74.8 Å². The van der Waals surface area contributed by atoms with Gasteiger partial charge in [0.25, 0.3) is 0 Å². The second kappa shape index (κ2) is 6.85. The Balaban J connectivity index is 2.09. The molecule has 0 aromatic heterocycles. The van der Waals surface area contributed by atoms with Crippen molar-refractivity contribution in [3.63, 3.8) is 0 Å². The maximum atomic E-state index is 11.9. The number of carbonyl (C=O) groups is 1. The van der Waals surface area contributed by atoms with Crippen molar-refractivity contribution in [2.45, 2.75) is 0 Å². The zero-order valence-electron chi connectivity index (χ0n) is 9.88. The highest BCUT2D eigenvalue weighted by atomic mass is 127. The largest absolute Gasteiger partial charge is 0.323 e. The Morgan fingerprint density at radius 3 is 2.20 bits per heavy atom. The second-order valence-electron chi connectivity index (χ2n) is 3.86. The third-order valence-electron chi connectivity index (χ3n) is 2.30. The van der Waals surface area contributed by atoms with E-state index in [1.807, 2.05) is 6.07 Å². The highest BCUT2D eigenvalue weighted by molar-refractivity contribution is 14.1. The minimum atomic E-state index is -0.425. The molecule has 0 atom stereocenters. The Morgan fingerprint density at radius 2 is 1.60 bits per heavy atom. The van der Waals surface area contributed by atoms with Gasteiger partial charge in [0.05, 0.1) is 10.7 Å². The summed E-state index contributed by atoms with van der Waals surface area (Å²) in [5, 5.41) is 6.65. The van der Waals surface area contributed by atoms with Crippen molar-refractivity contribution in [1.29, 1.82) is 0 Å². The van der Waals surface area contributed by atoms with E-state index in [1.165, 1.54) is 0 Å². The number of halogens is 4. The topological polar surface area (TPSA) is 41.1 Å². The normalized spacial score (nSPS) is 10.2. The van der Waals surface area contributed by atoms with Crippen LogP contribution in [-0.2, 0) is 0 Å². The Kier molecular flexibility index (Phi) is 5.37. The van der Waals surface area contributed by atoms with Crippen LogP contribution in [0, 0.1) is 3.57 Å². The number of carbonyl (C=O) groups excluding carboxylic acids is 1.